The number of imidazole rings is 1. The Morgan fingerprint density at radius 2 is 1.83 bits per heavy atom. The van der Waals surface area contributed by atoms with Crippen LogP contribution in [0.2, 0.25) is 0 Å². The van der Waals surface area contributed by atoms with Crippen LogP contribution < -0.4 is 5.69 Å². The van der Waals surface area contributed by atoms with Crippen LogP contribution in [0.5, 0.6) is 5.88 Å². The maximum atomic E-state index is 11.9. The molecule has 1 aromatic heterocycles. The minimum atomic E-state index is -0.787. The van der Waals surface area contributed by atoms with Crippen LogP contribution in [-0.2, 0) is 17.8 Å². The Bertz CT molecular complexity index is 583. The lowest BCUT2D eigenvalue weighted by atomic mass is 9.87. The number of nitrogens with zero attached hydrogens (tertiary/aromatic N) is 1. The smallest absolute Gasteiger partial charge is 0.328 e. The Morgan fingerprint density at radius 3 is 2.42 bits per heavy atom. The lowest BCUT2D eigenvalue weighted by molar-refractivity contribution is -0.137. The molecule has 0 aliphatic rings. The van der Waals surface area contributed by atoms with Gasteiger partial charge in [-0.25, -0.2) is 4.79 Å². The van der Waals surface area contributed by atoms with E-state index in [1.807, 2.05) is 20.8 Å². The highest BCUT2D eigenvalue weighted by Gasteiger charge is 2.23. The summed E-state index contributed by atoms with van der Waals surface area (Å²) >= 11 is 0. The Hall–Kier alpha value is -1.76. The van der Waals surface area contributed by atoms with E-state index in [2.05, 4.69) is 4.98 Å². The quantitative estimate of drug-likeness (QED) is 0.487. The number of aliphatic hydroxyl groups excluding tert-OH is 1. The highest BCUT2D eigenvalue weighted by Crippen LogP contribution is 2.23. The van der Waals surface area contributed by atoms with Crippen LogP contribution in [0.4, 0.5) is 0 Å². The highest BCUT2D eigenvalue weighted by molar-refractivity contribution is 5.66. The summed E-state index contributed by atoms with van der Waals surface area (Å²) in [5, 5.41) is 28.6. The minimum absolute atomic E-state index is 0.115. The van der Waals surface area contributed by atoms with Gasteiger partial charge in [-0.3, -0.25) is 14.3 Å². The van der Waals surface area contributed by atoms with Gasteiger partial charge in [-0.1, -0.05) is 33.6 Å². The number of aromatic hydroxyl groups is 1. The average Bonchev–Trinajstić information content (AvgIpc) is 2.72. The Kier molecular flexibility index (Phi) is 7.54. The van der Waals surface area contributed by atoms with Crippen molar-refractivity contribution in [2.24, 2.45) is 5.41 Å². The largest absolute Gasteiger partial charge is 0.493 e. The number of hydrogen-bond acceptors (Lipinski definition) is 4. The number of H-pyrrole nitrogens is 1. The lowest BCUT2D eigenvalue weighted by Gasteiger charge is -2.25. The van der Waals surface area contributed by atoms with Crippen molar-refractivity contribution in [3.05, 3.63) is 16.2 Å². The van der Waals surface area contributed by atoms with Gasteiger partial charge in [0, 0.05) is 13.0 Å². The fourth-order valence-electron chi connectivity index (χ4n) is 2.59. The molecule has 0 spiro atoms. The Labute approximate surface area is 142 Å². The van der Waals surface area contributed by atoms with E-state index in [1.165, 1.54) is 4.57 Å². The summed E-state index contributed by atoms with van der Waals surface area (Å²) < 4.78 is 1.49. The fraction of sp³-hybridized carbons (Fsp3) is 0.765. The van der Waals surface area contributed by atoms with Crippen molar-refractivity contribution in [2.45, 2.75) is 78.4 Å². The first-order chi connectivity index (χ1) is 11.1. The second kappa shape index (κ2) is 8.92. The number of aliphatic carboxylic acids is 1. The average molecular weight is 342 g/mol. The first-order valence-corrected chi connectivity index (χ1v) is 8.53. The molecule has 1 unspecified atom stereocenters. The third-order valence-electron chi connectivity index (χ3n) is 4.25. The molecule has 0 bridgehead atoms. The van der Waals surface area contributed by atoms with E-state index in [4.69, 9.17) is 5.11 Å². The molecule has 7 heteroatoms. The molecule has 24 heavy (non-hydrogen) atoms. The topological polar surface area (TPSA) is 116 Å². The van der Waals surface area contributed by atoms with E-state index in [0.717, 1.165) is 19.3 Å². The summed E-state index contributed by atoms with van der Waals surface area (Å²) in [6.45, 7) is 6.16. The molecule has 0 saturated heterocycles. The van der Waals surface area contributed by atoms with Gasteiger partial charge in [0.05, 0.1) is 11.8 Å². The molecule has 1 aromatic rings. The molecule has 0 saturated carbocycles. The van der Waals surface area contributed by atoms with Gasteiger partial charge in [-0.2, -0.15) is 0 Å². The number of aliphatic hydroxyl groups is 1. The van der Waals surface area contributed by atoms with E-state index < -0.39 is 12.1 Å². The zero-order chi connectivity index (χ0) is 18.3. The summed E-state index contributed by atoms with van der Waals surface area (Å²) in [5.41, 5.74) is -0.0689. The number of carboxylic acid groups (broad SMARTS) is 1. The fourth-order valence-corrected chi connectivity index (χ4v) is 2.59. The van der Waals surface area contributed by atoms with Gasteiger partial charge in [0.2, 0.25) is 5.88 Å². The van der Waals surface area contributed by atoms with Crippen LogP contribution >= 0.6 is 0 Å². The number of hydrogen-bond donors (Lipinski definition) is 4. The van der Waals surface area contributed by atoms with E-state index in [-0.39, 0.29) is 23.4 Å². The number of carbonyl (C=O) groups is 1. The molecule has 4 N–H and O–H groups in total. The summed E-state index contributed by atoms with van der Waals surface area (Å²) in [5.74, 6) is -0.902. The van der Waals surface area contributed by atoms with Crippen molar-refractivity contribution in [2.75, 3.05) is 0 Å². The van der Waals surface area contributed by atoms with Gasteiger partial charge in [0.25, 0.3) is 0 Å². The standard InChI is InChI=1S/C17H30N2O5/c1-17(2,3)13(20)10-11-19-12(15(23)18-16(19)24)8-6-4-5-7-9-14(21)22/h13,20,23H,4-11H2,1-3H3,(H,18,24)(H,21,22). The summed E-state index contributed by atoms with van der Waals surface area (Å²) in [7, 11) is 0. The van der Waals surface area contributed by atoms with Gasteiger partial charge >= 0.3 is 11.7 Å². The molecule has 138 valence electrons. The maximum Gasteiger partial charge on any atom is 0.328 e. The van der Waals surface area contributed by atoms with Crippen molar-refractivity contribution in [3.63, 3.8) is 0 Å². The number of aromatic amines is 1. The molecule has 0 aliphatic carbocycles. The maximum absolute atomic E-state index is 11.9. The summed E-state index contributed by atoms with van der Waals surface area (Å²) in [6.07, 6.45) is 3.68. The number of nitrogens with one attached hydrogen (secondary N) is 1. The SMILES string of the molecule is CC(C)(C)C(O)CCn1c(CCCCCCC(=O)O)c(O)[nH]c1=O. The van der Waals surface area contributed by atoms with Gasteiger partial charge in [0.1, 0.15) is 0 Å². The zero-order valence-corrected chi connectivity index (χ0v) is 14.8. The zero-order valence-electron chi connectivity index (χ0n) is 14.8. The normalized spacial score (nSPS) is 13.2. The molecule has 0 aliphatic heterocycles. The van der Waals surface area contributed by atoms with Crippen LogP contribution in [0.25, 0.3) is 0 Å². The van der Waals surface area contributed by atoms with E-state index in [9.17, 15) is 19.8 Å². The van der Waals surface area contributed by atoms with Crippen molar-refractivity contribution in [1.82, 2.24) is 9.55 Å². The molecule has 0 amide bonds. The molecular formula is C17H30N2O5. The van der Waals surface area contributed by atoms with E-state index >= 15 is 0 Å². The second-order valence-corrected chi connectivity index (χ2v) is 7.36. The second-order valence-electron chi connectivity index (χ2n) is 7.36. The first kappa shape index (κ1) is 20.3. The number of aromatic nitrogens is 2. The molecule has 1 heterocycles. The number of rotatable bonds is 10. The van der Waals surface area contributed by atoms with Crippen molar-refractivity contribution < 1.29 is 20.1 Å². The van der Waals surface area contributed by atoms with Crippen molar-refractivity contribution >= 4 is 5.97 Å². The van der Waals surface area contributed by atoms with Crippen molar-refractivity contribution in [3.8, 4) is 5.88 Å². The molecule has 0 radical (unpaired) electrons. The molecule has 0 aromatic carbocycles. The third kappa shape index (κ3) is 6.39. The Morgan fingerprint density at radius 1 is 1.21 bits per heavy atom. The predicted molar refractivity (Wildman–Crippen MR) is 91.2 cm³/mol. The van der Waals surface area contributed by atoms with Crippen molar-refractivity contribution in [1.29, 1.82) is 0 Å². The lowest BCUT2D eigenvalue weighted by Crippen LogP contribution is -2.29. The predicted octanol–water partition coefficient (Wildman–Crippen LogP) is 2.26. The van der Waals surface area contributed by atoms with E-state index in [0.29, 0.717) is 31.5 Å². The van der Waals surface area contributed by atoms with E-state index in [1.54, 1.807) is 0 Å². The van der Waals surface area contributed by atoms with Gasteiger partial charge in [-0.05, 0) is 31.1 Å². The third-order valence-corrected chi connectivity index (χ3v) is 4.25. The van der Waals surface area contributed by atoms with Crippen LogP contribution in [0.3, 0.4) is 0 Å². The van der Waals surface area contributed by atoms with Gasteiger partial charge < -0.3 is 15.3 Å². The van der Waals surface area contributed by atoms with Crippen LogP contribution in [0.1, 0.15) is 65.0 Å². The summed E-state index contributed by atoms with van der Waals surface area (Å²) in [6, 6.07) is 0. The van der Waals surface area contributed by atoms with Crippen LogP contribution in [0.15, 0.2) is 4.79 Å². The molecular weight excluding hydrogens is 312 g/mol. The molecule has 1 atom stereocenters. The van der Waals surface area contributed by atoms with Gasteiger partial charge in [-0.15, -0.1) is 0 Å². The monoisotopic (exact) mass is 342 g/mol. The van der Waals surface area contributed by atoms with Crippen LogP contribution in [-0.4, -0.2) is 36.9 Å². The number of carboxylic acids is 1. The molecule has 7 nitrogen and oxygen atoms in total. The van der Waals surface area contributed by atoms with Crippen LogP contribution in [0, 0.1) is 5.41 Å². The summed E-state index contributed by atoms with van der Waals surface area (Å²) in [4.78, 5) is 24.8. The number of unbranched alkanes of at least 4 members (excludes halogenated alkanes) is 3. The minimum Gasteiger partial charge on any atom is -0.493 e. The highest BCUT2D eigenvalue weighted by atomic mass is 16.4. The Balaban J connectivity index is 2.55. The molecule has 1 rings (SSSR count). The molecule has 0 fully saturated rings. The first-order valence-electron chi connectivity index (χ1n) is 8.53. The van der Waals surface area contributed by atoms with Gasteiger partial charge in [0.15, 0.2) is 0 Å².